The highest BCUT2D eigenvalue weighted by atomic mass is 15.1. The molecule has 1 aromatic carbocycles. The molecule has 2 heteroatoms. The van der Waals surface area contributed by atoms with E-state index in [1.165, 1.54) is 31.4 Å². The number of rotatable bonds is 4. The summed E-state index contributed by atoms with van der Waals surface area (Å²) in [6, 6.07) is 10.8. The predicted molar refractivity (Wildman–Crippen MR) is 81.9 cm³/mol. The molecule has 0 spiro atoms. The molecule has 1 aliphatic rings. The normalized spacial score (nSPS) is 26.9. The first-order valence-corrected chi connectivity index (χ1v) is 7.69. The van der Waals surface area contributed by atoms with E-state index in [4.69, 9.17) is 5.73 Å². The Bertz CT molecular complexity index is 376. The summed E-state index contributed by atoms with van der Waals surface area (Å²) in [5.74, 6) is 0.629. The molecule has 1 heterocycles. The molecule has 2 N–H and O–H groups in total. The molecule has 1 aliphatic heterocycles. The second-order valence-corrected chi connectivity index (χ2v) is 6.16. The second-order valence-electron chi connectivity index (χ2n) is 6.16. The molecule has 2 nitrogen and oxygen atoms in total. The van der Waals surface area contributed by atoms with Crippen molar-refractivity contribution >= 4 is 0 Å². The zero-order valence-electron chi connectivity index (χ0n) is 12.4. The van der Waals surface area contributed by atoms with Crippen LogP contribution in [0.3, 0.4) is 0 Å². The van der Waals surface area contributed by atoms with Crippen LogP contribution >= 0.6 is 0 Å². The van der Waals surface area contributed by atoms with Gasteiger partial charge in [0, 0.05) is 18.6 Å². The number of likely N-dealkylation sites (tertiary alicyclic amines) is 1. The minimum Gasteiger partial charge on any atom is -0.325 e. The molecular weight excluding hydrogens is 232 g/mol. The summed E-state index contributed by atoms with van der Waals surface area (Å²) in [5, 5.41) is 0. The largest absolute Gasteiger partial charge is 0.325 e. The van der Waals surface area contributed by atoms with Crippen LogP contribution in [-0.2, 0) is 6.54 Å². The lowest BCUT2D eigenvalue weighted by Gasteiger charge is -2.34. The molecule has 0 aromatic heterocycles. The van der Waals surface area contributed by atoms with Crippen molar-refractivity contribution in [1.82, 2.24) is 4.90 Å². The van der Waals surface area contributed by atoms with Gasteiger partial charge in [0.2, 0.25) is 0 Å². The van der Waals surface area contributed by atoms with Crippen LogP contribution in [0, 0.1) is 5.92 Å². The summed E-state index contributed by atoms with van der Waals surface area (Å²) in [6.45, 7) is 7.95. The van der Waals surface area contributed by atoms with Crippen molar-refractivity contribution in [3.63, 3.8) is 0 Å². The highest BCUT2D eigenvalue weighted by Crippen LogP contribution is 2.29. The van der Waals surface area contributed by atoms with E-state index in [0.29, 0.717) is 5.92 Å². The highest BCUT2D eigenvalue weighted by Gasteiger charge is 2.32. The third-order valence-electron chi connectivity index (χ3n) is 4.85. The van der Waals surface area contributed by atoms with Crippen LogP contribution in [0.5, 0.6) is 0 Å². The lowest BCUT2D eigenvalue weighted by atomic mass is 9.79. The molecule has 1 fully saturated rings. The summed E-state index contributed by atoms with van der Waals surface area (Å²) in [7, 11) is 0. The predicted octanol–water partition coefficient (Wildman–Crippen LogP) is 3.42. The van der Waals surface area contributed by atoms with E-state index in [1.807, 2.05) is 0 Å². The van der Waals surface area contributed by atoms with Crippen LogP contribution in [0.2, 0.25) is 0 Å². The summed E-state index contributed by atoms with van der Waals surface area (Å²) in [4.78, 5) is 2.56. The van der Waals surface area contributed by atoms with Crippen LogP contribution in [0.25, 0.3) is 0 Å². The molecule has 0 saturated carbocycles. The molecule has 0 amide bonds. The van der Waals surface area contributed by atoms with Gasteiger partial charge in [-0.1, -0.05) is 50.6 Å². The summed E-state index contributed by atoms with van der Waals surface area (Å²) >= 11 is 0. The van der Waals surface area contributed by atoms with Gasteiger partial charge in [-0.15, -0.1) is 0 Å². The van der Waals surface area contributed by atoms with Gasteiger partial charge in [-0.3, -0.25) is 4.90 Å². The Kier molecular flexibility index (Phi) is 5.00. The molecule has 19 heavy (non-hydrogen) atoms. The molecule has 0 bridgehead atoms. The van der Waals surface area contributed by atoms with E-state index in [2.05, 4.69) is 49.1 Å². The summed E-state index contributed by atoms with van der Waals surface area (Å²) in [6.07, 6.45) is 4.73. The van der Waals surface area contributed by atoms with Gasteiger partial charge in [0.25, 0.3) is 0 Å². The number of nitrogens with two attached hydrogens (primary N) is 1. The first kappa shape index (κ1) is 14.5. The fourth-order valence-electron chi connectivity index (χ4n) is 3.13. The van der Waals surface area contributed by atoms with Crippen molar-refractivity contribution in [2.24, 2.45) is 11.7 Å². The molecule has 2 atom stereocenters. The maximum absolute atomic E-state index is 6.64. The van der Waals surface area contributed by atoms with Crippen molar-refractivity contribution in [3.8, 4) is 0 Å². The quantitative estimate of drug-likeness (QED) is 0.899. The fourth-order valence-corrected chi connectivity index (χ4v) is 3.13. The maximum atomic E-state index is 6.64. The Morgan fingerprint density at radius 2 is 1.95 bits per heavy atom. The molecule has 1 aromatic rings. The lowest BCUT2D eigenvalue weighted by molar-refractivity contribution is 0.231. The topological polar surface area (TPSA) is 29.3 Å². The number of hydrogen-bond donors (Lipinski definition) is 1. The van der Waals surface area contributed by atoms with Crippen LogP contribution in [0.15, 0.2) is 30.3 Å². The van der Waals surface area contributed by atoms with Gasteiger partial charge >= 0.3 is 0 Å². The SMILES string of the molecule is CCC(C)C1(N)CCCN(Cc2ccccc2)CC1. The minimum atomic E-state index is 0.0557. The zero-order chi connectivity index (χ0) is 13.7. The van der Waals surface area contributed by atoms with E-state index in [0.717, 1.165) is 19.5 Å². The Balaban J connectivity index is 1.93. The van der Waals surface area contributed by atoms with Crippen LogP contribution < -0.4 is 5.73 Å². The van der Waals surface area contributed by atoms with Gasteiger partial charge in [0.15, 0.2) is 0 Å². The molecule has 2 rings (SSSR count). The van der Waals surface area contributed by atoms with E-state index < -0.39 is 0 Å². The summed E-state index contributed by atoms with van der Waals surface area (Å²) < 4.78 is 0. The number of benzene rings is 1. The van der Waals surface area contributed by atoms with Gasteiger partial charge < -0.3 is 5.73 Å². The van der Waals surface area contributed by atoms with Crippen LogP contribution in [0.1, 0.15) is 45.1 Å². The Hall–Kier alpha value is -0.860. The fraction of sp³-hybridized carbons (Fsp3) is 0.647. The molecule has 0 radical (unpaired) electrons. The molecule has 1 saturated heterocycles. The maximum Gasteiger partial charge on any atom is 0.0233 e. The number of hydrogen-bond acceptors (Lipinski definition) is 2. The van der Waals surface area contributed by atoms with E-state index >= 15 is 0 Å². The van der Waals surface area contributed by atoms with Crippen LogP contribution in [0.4, 0.5) is 0 Å². The van der Waals surface area contributed by atoms with Gasteiger partial charge in [-0.2, -0.15) is 0 Å². The van der Waals surface area contributed by atoms with Crippen molar-refractivity contribution in [2.75, 3.05) is 13.1 Å². The average molecular weight is 260 g/mol. The standard InChI is InChI=1S/C17H28N2/c1-3-15(2)17(18)10-7-12-19(13-11-17)14-16-8-5-4-6-9-16/h4-6,8-9,15H,3,7,10-14,18H2,1-2H3. The number of nitrogens with zero attached hydrogens (tertiary/aromatic N) is 1. The first-order chi connectivity index (χ1) is 9.14. The van der Waals surface area contributed by atoms with E-state index in [9.17, 15) is 0 Å². The highest BCUT2D eigenvalue weighted by molar-refractivity contribution is 5.14. The van der Waals surface area contributed by atoms with Crippen molar-refractivity contribution in [3.05, 3.63) is 35.9 Å². The average Bonchev–Trinajstić information content (AvgIpc) is 2.62. The first-order valence-electron chi connectivity index (χ1n) is 7.69. The Morgan fingerprint density at radius 1 is 1.21 bits per heavy atom. The van der Waals surface area contributed by atoms with Gasteiger partial charge in [0.05, 0.1) is 0 Å². The smallest absolute Gasteiger partial charge is 0.0233 e. The Labute approximate surface area is 118 Å². The van der Waals surface area contributed by atoms with Gasteiger partial charge in [-0.25, -0.2) is 0 Å². The monoisotopic (exact) mass is 260 g/mol. The minimum absolute atomic E-state index is 0.0557. The van der Waals surface area contributed by atoms with E-state index in [-0.39, 0.29) is 5.54 Å². The third-order valence-corrected chi connectivity index (χ3v) is 4.85. The third kappa shape index (κ3) is 3.80. The molecule has 2 unspecified atom stereocenters. The zero-order valence-corrected chi connectivity index (χ0v) is 12.4. The molecule has 106 valence electrons. The Morgan fingerprint density at radius 3 is 2.63 bits per heavy atom. The van der Waals surface area contributed by atoms with E-state index in [1.54, 1.807) is 0 Å². The van der Waals surface area contributed by atoms with Gasteiger partial charge in [0.1, 0.15) is 0 Å². The molecule has 0 aliphatic carbocycles. The second kappa shape index (κ2) is 6.53. The molecular formula is C17H28N2. The summed E-state index contributed by atoms with van der Waals surface area (Å²) in [5.41, 5.74) is 8.11. The van der Waals surface area contributed by atoms with Crippen molar-refractivity contribution in [1.29, 1.82) is 0 Å². The van der Waals surface area contributed by atoms with Crippen molar-refractivity contribution in [2.45, 2.75) is 51.6 Å². The lowest BCUT2D eigenvalue weighted by Crippen LogP contribution is -2.46. The van der Waals surface area contributed by atoms with Gasteiger partial charge in [-0.05, 0) is 37.3 Å². The van der Waals surface area contributed by atoms with Crippen molar-refractivity contribution < 1.29 is 0 Å². The van der Waals surface area contributed by atoms with Crippen LogP contribution in [-0.4, -0.2) is 23.5 Å².